The summed E-state index contributed by atoms with van der Waals surface area (Å²) in [4.78, 5) is 15.7. The van der Waals surface area contributed by atoms with Crippen molar-refractivity contribution in [1.82, 2.24) is 9.80 Å². The molecule has 0 unspecified atom stereocenters. The number of hydrogen-bond acceptors (Lipinski definition) is 4. The molecular weight excluding hydrogens is 299 g/mol. The van der Waals surface area contributed by atoms with Gasteiger partial charge in [0.1, 0.15) is 0 Å². The minimum absolute atomic E-state index is 0.178. The average Bonchev–Trinajstić information content (AvgIpc) is 2.45. The predicted molar refractivity (Wildman–Crippen MR) is 80.2 cm³/mol. The Kier molecular flexibility index (Phi) is 5.66. The Labute approximate surface area is 129 Å². The molecule has 0 aromatic heterocycles. The van der Waals surface area contributed by atoms with Crippen LogP contribution in [0.2, 0.25) is 10.0 Å². The van der Waals surface area contributed by atoms with Crippen LogP contribution in [0.1, 0.15) is 5.56 Å². The van der Waals surface area contributed by atoms with Crippen LogP contribution in [0.25, 0.3) is 0 Å². The second kappa shape index (κ2) is 7.27. The van der Waals surface area contributed by atoms with Gasteiger partial charge in [-0.05, 0) is 17.7 Å². The van der Waals surface area contributed by atoms with Crippen molar-refractivity contribution in [3.05, 3.63) is 33.8 Å². The van der Waals surface area contributed by atoms with Gasteiger partial charge in [-0.15, -0.1) is 0 Å². The van der Waals surface area contributed by atoms with E-state index in [4.69, 9.17) is 23.2 Å². The van der Waals surface area contributed by atoms with Gasteiger partial charge in [-0.2, -0.15) is 0 Å². The number of methoxy groups -OCH3 is 1. The maximum absolute atomic E-state index is 11.2. The summed E-state index contributed by atoms with van der Waals surface area (Å²) in [7, 11) is 1.42. The average molecular weight is 317 g/mol. The van der Waals surface area contributed by atoms with Gasteiger partial charge in [0.15, 0.2) is 0 Å². The molecule has 1 aliphatic heterocycles. The number of esters is 1. The zero-order valence-corrected chi connectivity index (χ0v) is 13.0. The zero-order chi connectivity index (χ0) is 14.5. The number of halogens is 2. The lowest BCUT2D eigenvalue weighted by atomic mass is 10.2. The number of carbonyl (C=O) groups is 1. The molecule has 4 nitrogen and oxygen atoms in total. The van der Waals surface area contributed by atoms with E-state index in [-0.39, 0.29) is 5.97 Å². The van der Waals surface area contributed by atoms with E-state index in [0.717, 1.165) is 38.3 Å². The third kappa shape index (κ3) is 4.35. The van der Waals surface area contributed by atoms with Crippen molar-refractivity contribution in [2.45, 2.75) is 6.54 Å². The summed E-state index contributed by atoms with van der Waals surface area (Å²) in [6, 6.07) is 5.73. The standard InChI is InChI=1S/C14H18Cl2N2O2/c1-20-14(19)10-18-6-4-17(5-7-18)9-11-2-3-12(15)13(16)8-11/h2-3,8H,4-7,9-10H2,1H3. The van der Waals surface area contributed by atoms with Crippen molar-refractivity contribution in [2.75, 3.05) is 39.8 Å². The molecule has 0 N–H and O–H groups in total. The monoisotopic (exact) mass is 316 g/mol. The first-order valence-corrected chi connectivity index (χ1v) is 7.29. The molecule has 0 aliphatic carbocycles. The van der Waals surface area contributed by atoms with E-state index in [9.17, 15) is 4.79 Å². The third-order valence-corrected chi connectivity index (χ3v) is 4.17. The van der Waals surface area contributed by atoms with Crippen molar-refractivity contribution in [3.63, 3.8) is 0 Å². The molecule has 0 amide bonds. The Hall–Kier alpha value is -0.810. The van der Waals surface area contributed by atoms with E-state index in [1.165, 1.54) is 7.11 Å². The molecule has 6 heteroatoms. The van der Waals surface area contributed by atoms with Crippen LogP contribution in [0.4, 0.5) is 0 Å². The second-order valence-electron chi connectivity index (χ2n) is 4.88. The van der Waals surface area contributed by atoms with E-state index in [1.807, 2.05) is 18.2 Å². The molecule has 110 valence electrons. The number of nitrogens with zero attached hydrogens (tertiary/aromatic N) is 2. The van der Waals surface area contributed by atoms with Gasteiger partial charge in [0.2, 0.25) is 0 Å². The quantitative estimate of drug-likeness (QED) is 0.798. The molecule has 0 saturated carbocycles. The van der Waals surface area contributed by atoms with Gasteiger partial charge in [0.05, 0.1) is 23.7 Å². The number of hydrogen-bond donors (Lipinski definition) is 0. The highest BCUT2D eigenvalue weighted by atomic mass is 35.5. The molecule has 1 saturated heterocycles. The SMILES string of the molecule is COC(=O)CN1CCN(Cc2ccc(Cl)c(Cl)c2)CC1. The number of carbonyl (C=O) groups excluding carboxylic acids is 1. The van der Waals surface area contributed by atoms with Crippen LogP contribution in [0.5, 0.6) is 0 Å². The van der Waals surface area contributed by atoms with Crippen LogP contribution < -0.4 is 0 Å². The molecule has 2 rings (SSSR count). The Balaban J connectivity index is 1.82. The Morgan fingerprint density at radius 2 is 1.80 bits per heavy atom. The summed E-state index contributed by atoms with van der Waals surface area (Å²) in [5.41, 5.74) is 1.15. The van der Waals surface area contributed by atoms with Crippen LogP contribution in [-0.4, -0.2) is 55.6 Å². The maximum Gasteiger partial charge on any atom is 0.319 e. The lowest BCUT2D eigenvalue weighted by Crippen LogP contribution is -2.47. The minimum Gasteiger partial charge on any atom is -0.468 e. The summed E-state index contributed by atoms with van der Waals surface area (Å²) < 4.78 is 4.68. The molecule has 0 radical (unpaired) electrons. The van der Waals surface area contributed by atoms with Gasteiger partial charge in [0.25, 0.3) is 0 Å². The largest absolute Gasteiger partial charge is 0.468 e. The topological polar surface area (TPSA) is 32.8 Å². The molecule has 1 aromatic rings. The molecule has 1 aliphatic rings. The Morgan fingerprint density at radius 3 is 2.40 bits per heavy atom. The van der Waals surface area contributed by atoms with Crippen LogP contribution in [0.3, 0.4) is 0 Å². The zero-order valence-electron chi connectivity index (χ0n) is 11.4. The maximum atomic E-state index is 11.2. The van der Waals surface area contributed by atoms with E-state index in [2.05, 4.69) is 14.5 Å². The molecule has 0 atom stereocenters. The van der Waals surface area contributed by atoms with Crippen molar-refractivity contribution in [2.24, 2.45) is 0 Å². The molecule has 0 spiro atoms. The lowest BCUT2D eigenvalue weighted by Gasteiger charge is -2.34. The van der Waals surface area contributed by atoms with Crippen molar-refractivity contribution in [3.8, 4) is 0 Å². The Morgan fingerprint density at radius 1 is 1.15 bits per heavy atom. The van der Waals surface area contributed by atoms with Crippen LogP contribution in [-0.2, 0) is 16.1 Å². The van der Waals surface area contributed by atoms with E-state index < -0.39 is 0 Å². The van der Waals surface area contributed by atoms with Crippen LogP contribution >= 0.6 is 23.2 Å². The molecule has 20 heavy (non-hydrogen) atoms. The van der Waals surface area contributed by atoms with Gasteiger partial charge in [-0.25, -0.2) is 0 Å². The second-order valence-corrected chi connectivity index (χ2v) is 5.69. The van der Waals surface area contributed by atoms with Gasteiger partial charge in [0, 0.05) is 32.7 Å². The fourth-order valence-electron chi connectivity index (χ4n) is 2.25. The first-order chi connectivity index (χ1) is 9.58. The van der Waals surface area contributed by atoms with Crippen LogP contribution in [0.15, 0.2) is 18.2 Å². The summed E-state index contributed by atoms with van der Waals surface area (Å²) >= 11 is 11.9. The van der Waals surface area contributed by atoms with E-state index in [1.54, 1.807) is 0 Å². The minimum atomic E-state index is -0.178. The fraction of sp³-hybridized carbons (Fsp3) is 0.500. The summed E-state index contributed by atoms with van der Waals surface area (Å²) in [6.07, 6.45) is 0. The normalized spacial score (nSPS) is 17.1. The molecular formula is C14H18Cl2N2O2. The molecule has 0 bridgehead atoms. The van der Waals surface area contributed by atoms with Gasteiger partial charge < -0.3 is 4.74 Å². The summed E-state index contributed by atoms with van der Waals surface area (Å²) in [5, 5.41) is 1.17. The first kappa shape index (κ1) is 15.6. The Bertz CT molecular complexity index is 474. The van der Waals surface area contributed by atoms with E-state index in [0.29, 0.717) is 16.6 Å². The van der Waals surface area contributed by atoms with Gasteiger partial charge >= 0.3 is 5.97 Å². The lowest BCUT2D eigenvalue weighted by molar-refractivity contribution is -0.142. The third-order valence-electron chi connectivity index (χ3n) is 3.44. The molecule has 1 aromatic carbocycles. The van der Waals surface area contributed by atoms with Crippen LogP contribution in [0, 0.1) is 0 Å². The number of rotatable bonds is 4. The molecule has 1 heterocycles. The summed E-state index contributed by atoms with van der Waals surface area (Å²) in [6.45, 7) is 4.82. The highest BCUT2D eigenvalue weighted by Crippen LogP contribution is 2.23. The number of piperazine rings is 1. The predicted octanol–water partition coefficient (Wildman–Crippen LogP) is 2.28. The van der Waals surface area contributed by atoms with Crippen molar-refractivity contribution >= 4 is 29.2 Å². The fourth-order valence-corrected chi connectivity index (χ4v) is 2.57. The van der Waals surface area contributed by atoms with Gasteiger partial charge in [-0.1, -0.05) is 29.3 Å². The number of benzene rings is 1. The highest BCUT2D eigenvalue weighted by Gasteiger charge is 2.19. The number of ether oxygens (including phenoxy) is 1. The highest BCUT2D eigenvalue weighted by molar-refractivity contribution is 6.42. The van der Waals surface area contributed by atoms with Crippen molar-refractivity contribution in [1.29, 1.82) is 0 Å². The van der Waals surface area contributed by atoms with E-state index >= 15 is 0 Å². The smallest absolute Gasteiger partial charge is 0.319 e. The summed E-state index contributed by atoms with van der Waals surface area (Å²) in [5.74, 6) is -0.178. The van der Waals surface area contributed by atoms with Crippen molar-refractivity contribution < 1.29 is 9.53 Å². The molecule has 1 fully saturated rings. The first-order valence-electron chi connectivity index (χ1n) is 6.54. The van der Waals surface area contributed by atoms with Gasteiger partial charge in [-0.3, -0.25) is 14.6 Å².